The van der Waals surface area contributed by atoms with Crippen LogP contribution in [-0.2, 0) is 0 Å². The van der Waals surface area contributed by atoms with Crippen molar-refractivity contribution in [1.29, 1.82) is 0 Å². The lowest BCUT2D eigenvalue weighted by Gasteiger charge is -2.12. The molecule has 0 unspecified atom stereocenters. The molecule has 0 aliphatic heterocycles. The predicted octanol–water partition coefficient (Wildman–Crippen LogP) is 5.96. The molecule has 0 saturated heterocycles. The largest absolute Gasteiger partial charge is 0.493 e. The highest BCUT2D eigenvalue weighted by Crippen LogP contribution is 2.36. The Morgan fingerprint density at radius 3 is 2.78 bits per heavy atom. The molecule has 0 aliphatic carbocycles. The molecule has 0 atom stereocenters. The second kappa shape index (κ2) is 8.37. The van der Waals surface area contributed by atoms with Gasteiger partial charge in [-0.3, -0.25) is 4.99 Å². The van der Waals surface area contributed by atoms with Crippen LogP contribution in [0.15, 0.2) is 39.8 Å². The number of methoxy groups -OCH3 is 1. The Bertz CT molecular complexity index is 716. The Morgan fingerprint density at radius 1 is 1.30 bits per heavy atom. The maximum absolute atomic E-state index is 6.12. The molecular weight excluding hydrogens is 378 g/mol. The molecule has 0 bridgehead atoms. The Labute approximate surface area is 150 Å². The molecule has 0 fully saturated rings. The van der Waals surface area contributed by atoms with E-state index in [4.69, 9.17) is 21.1 Å². The van der Waals surface area contributed by atoms with Crippen molar-refractivity contribution in [2.75, 3.05) is 13.7 Å². The SMILES string of the molecule is CCCOc1c(Br)cc(C=Nc2cccc(Cl)c2C)cc1OC. The van der Waals surface area contributed by atoms with Gasteiger partial charge in [0.2, 0.25) is 0 Å². The first-order valence-corrected chi connectivity index (χ1v) is 8.53. The third-order valence-electron chi connectivity index (χ3n) is 3.29. The van der Waals surface area contributed by atoms with Crippen LogP contribution in [0.2, 0.25) is 5.02 Å². The number of nitrogens with zero attached hydrogens (tertiary/aromatic N) is 1. The lowest BCUT2D eigenvalue weighted by atomic mass is 10.2. The molecule has 0 spiro atoms. The van der Waals surface area contributed by atoms with Gasteiger partial charge in [0, 0.05) is 11.2 Å². The van der Waals surface area contributed by atoms with Crippen LogP contribution < -0.4 is 9.47 Å². The zero-order valence-corrected chi connectivity index (χ0v) is 15.7. The van der Waals surface area contributed by atoms with Crippen LogP contribution in [-0.4, -0.2) is 19.9 Å². The van der Waals surface area contributed by atoms with Gasteiger partial charge in [-0.05, 0) is 64.7 Å². The number of rotatable bonds is 6. The number of benzene rings is 2. The van der Waals surface area contributed by atoms with Crippen LogP contribution in [0.3, 0.4) is 0 Å². The first-order chi connectivity index (χ1) is 11.1. The summed E-state index contributed by atoms with van der Waals surface area (Å²) >= 11 is 9.65. The average molecular weight is 397 g/mol. The number of hydrogen-bond acceptors (Lipinski definition) is 3. The third kappa shape index (κ3) is 4.49. The van der Waals surface area contributed by atoms with E-state index >= 15 is 0 Å². The number of ether oxygens (including phenoxy) is 2. The molecule has 0 heterocycles. The van der Waals surface area contributed by atoms with E-state index < -0.39 is 0 Å². The minimum absolute atomic E-state index is 0.643. The highest BCUT2D eigenvalue weighted by Gasteiger charge is 2.11. The lowest BCUT2D eigenvalue weighted by molar-refractivity contribution is 0.292. The summed E-state index contributed by atoms with van der Waals surface area (Å²) in [6.45, 7) is 4.66. The fraction of sp³-hybridized carbons (Fsp3) is 0.278. The van der Waals surface area contributed by atoms with Gasteiger partial charge in [-0.2, -0.15) is 0 Å². The summed E-state index contributed by atoms with van der Waals surface area (Å²) < 4.78 is 12.0. The van der Waals surface area contributed by atoms with E-state index in [0.29, 0.717) is 23.1 Å². The average Bonchev–Trinajstić information content (AvgIpc) is 2.54. The van der Waals surface area contributed by atoms with E-state index in [9.17, 15) is 0 Å². The molecule has 0 aromatic heterocycles. The van der Waals surface area contributed by atoms with E-state index in [0.717, 1.165) is 27.7 Å². The number of aliphatic imine (C=N–C) groups is 1. The fourth-order valence-electron chi connectivity index (χ4n) is 2.04. The summed E-state index contributed by atoms with van der Waals surface area (Å²) in [4.78, 5) is 4.52. The Hall–Kier alpha value is -1.52. The van der Waals surface area contributed by atoms with Crippen molar-refractivity contribution in [3.63, 3.8) is 0 Å². The standard InChI is InChI=1S/C18H19BrClNO2/c1-4-8-23-18-14(19)9-13(10-17(18)22-3)11-21-16-7-5-6-15(20)12(16)2/h5-7,9-11H,4,8H2,1-3H3. The molecule has 0 N–H and O–H groups in total. The Kier molecular flexibility index (Phi) is 6.48. The zero-order chi connectivity index (χ0) is 16.8. The summed E-state index contributed by atoms with van der Waals surface area (Å²) in [5.41, 5.74) is 2.72. The van der Waals surface area contributed by atoms with Crippen molar-refractivity contribution >= 4 is 39.4 Å². The van der Waals surface area contributed by atoms with Crippen LogP contribution in [0.25, 0.3) is 0 Å². The summed E-state index contributed by atoms with van der Waals surface area (Å²) in [5, 5.41) is 0.710. The molecule has 5 heteroatoms. The summed E-state index contributed by atoms with van der Waals surface area (Å²) in [7, 11) is 1.63. The normalized spacial score (nSPS) is 11.0. The highest BCUT2D eigenvalue weighted by molar-refractivity contribution is 9.10. The quantitative estimate of drug-likeness (QED) is 0.564. The smallest absolute Gasteiger partial charge is 0.175 e. The minimum atomic E-state index is 0.643. The molecule has 2 aromatic rings. The van der Waals surface area contributed by atoms with E-state index in [1.54, 1.807) is 13.3 Å². The van der Waals surface area contributed by atoms with Gasteiger partial charge >= 0.3 is 0 Å². The van der Waals surface area contributed by atoms with Gasteiger partial charge in [0.1, 0.15) is 0 Å². The molecule has 2 rings (SSSR count). The fourth-order valence-corrected chi connectivity index (χ4v) is 2.78. The monoisotopic (exact) mass is 395 g/mol. The van der Waals surface area contributed by atoms with Crippen LogP contribution >= 0.6 is 27.5 Å². The van der Waals surface area contributed by atoms with Crippen molar-refractivity contribution < 1.29 is 9.47 Å². The van der Waals surface area contributed by atoms with Crippen LogP contribution in [0.1, 0.15) is 24.5 Å². The molecule has 0 radical (unpaired) electrons. The van der Waals surface area contributed by atoms with Gasteiger partial charge in [-0.15, -0.1) is 0 Å². The minimum Gasteiger partial charge on any atom is -0.493 e. The molecule has 0 amide bonds. The zero-order valence-electron chi connectivity index (χ0n) is 13.4. The van der Waals surface area contributed by atoms with Crippen molar-refractivity contribution in [2.45, 2.75) is 20.3 Å². The topological polar surface area (TPSA) is 30.8 Å². The lowest BCUT2D eigenvalue weighted by Crippen LogP contribution is -1.99. The van der Waals surface area contributed by atoms with E-state index in [1.807, 2.05) is 37.3 Å². The van der Waals surface area contributed by atoms with Crippen LogP contribution in [0.5, 0.6) is 11.5 Å². The summed E-state index contributed by atoms with van der Waals surface area (Å²) in [6.07, 6.45) is 2.72. The molecular formula is C18H19BrClNO2. The van der Waals surface area contributed by atoms with Gasteiger partial charge in [-0.25, -0.2) is 0 Å². The van der Waals surface area contributed by atoms with Gasteiger partial charge in [0.05, 0.1) is 23.9 Å². The van der Waals surface area contributed by atoms with Gasteiger partial charge in [0.25, 0.3) is 0 Å². The molecule has 23 heavy (non-hydrogen) atoms. The Balaban J connectivity index is 2.31. The predicted molar refractivity (Wildman–Crippen MR) is 99.9 cm³/mol. The van der Waals surface area contributed by atoms with Crippen molar-refractivity contribution in [3.05, 3.63) is 51.0 Å². The van der Waals surface area contributed by atoms with Gasteiger partial charge in [0.15, 0.2) is 11.5 Å². The highest BCUT2D eigenvalue weighted by atomic mass is 79.9. The maximum Gasteiger partial charge on any atom is 0.175 e. The molecule has 0 aliphatic rings. The number of halogens is 2. The maximum atomic E-state index is 6.12. The van der Waals surface area contributed by atoms with Crippen LogP contribution in [0, 0.1) is 6.92 Å². The van der Waals surface area contributed by atoms with Crippen molar-refractivity contribution in [1.82, 2.24) is 0 Å². The van der Waals surface area contributed by atoms with Gasteiger partial charge < -0.3 is 9.47 Å². The van der Waals surface area contributed by atoms with Crippen molar-refractivity contribution in [3.8, 4) is 11.5 Å². The van der Waals surface area contributed by atoms with Crippen LogP contribution in [0.4, 0.5) is 5.69 Å². The molecule has 0 saturated carbocycles. The van der Waals surface area contributed by atoms with E-state index in [-0.39, 0.29) is 0 Å². The molecule has 122 valence electrons. The Morgan fingerprint density at radius 2 is 2.09 bits per heavy atom. The molecule has 3 nitrogen and oxygen atoms in total. The summed E-state index contributed by atoms with van der Waals surface area (Å²) in [5.74, 6) is 1.39. The van der Waals surface area contributed by atoms with E-state index in [2.05, 4.69) is 27.8 Å². The first kappa shape index (κ1) is 17.8. The third-order valence-corrected chi connectivity index (χ3v) is 4.29. The van der Waals surface area contributed by atoms with Gasteiger partial charge in [-0.1, -0.05) is 24.6 Å². The second-order valence-electron chi connectivity index (χ2n) is 5.02. The summed E-state index contributed by atoms with van der Waals surface area (Å²) in [6, 6.07) is 9.54. The molecule has 2 aromatic carbocycles. The van der Waals surface area contributed by atoms with Crippen molar-refractivity contribution in [2.24, 2.45) is 4.99 Å². The second-order valence-corrected chi connectivity index (χ2v) is 6.29. The van der Waals surface area contributed by atoms with E-state index in [1.165, 1.54) is 0 Å². The first-order valence-electron chi connectivity index (χ1n) is 7.36. The number of hydrogen-bond donors (Lipinski definition) is 0.